The van der Waals surface area contributed by atoms with Crippen molar-refractivity contribution in [3.05, 3.63) is 17.7 Å². The van der Waals surface area contributed by atoms with Crippen LogP contribution < -0.4 is 5.32 Å². The second-order valence-corrected chi connectivity index (χ2v) is 4.86. The predicted octanol–water partition coefficient (Wildman–Crippen LogP) is 1.37. The van der Waals surface area contributed by atoms with E-state index in [4.69, 9.17) is 0 Å². The Morgan fingerprint density at radius 1 is 1.40 bits per heavy atom. The zero-order valence-electron chi connectivity index (χ0n) is 9.21. The van der Waals surface area contributed by atoms with Crippen LogP contribution in [0, 0.1) is 5.92 Å². The predicted molar refractivity (Wildman–Crippen MR) is 59.8 cm³/mol. The third-order valence-corrected chi connectivity index (χ3v) is 3.73. The Morgan fingerprint density at radius 2 is 2.33 bits per heavy atom. The molecule has 0 aromatic carbocycles. The van der Waals surface area contributed by atoms with Crippen LogP contribution >= 0.6 is 0 Å². The number of aromatic nitrogens is 2. The number of rotatable bonds is 2. The minimum atomic E-state index is 0.824. The van der Waals surface area contributed by atoms with E-state index in [2.05, 4.69) is 21.2 Å². The van der Waals surface area contributed by atoms with Gasteiger partial charge in [-0.1, -0.05) is 0 Å². The van der Waals surface area contributed by atoms with Crippen LogP contribution in [-0.2, 0) is 19.4 Å². The maximum atomic E-state index is 4.54. The fraction of sp³-hybridized carbons (Fsp3) is 0.750. The van der Waals surface area contributed by atoms with Crippen molar-refractivity contribution in [2.24, 2.45) is 5.92 Å². The van der Waals surface area contributed by atoms with Crippen molar-refractivity contribution in [1.29, 1.82) is 0 Å². The second kappa shape index (κ2) is 3.97. The number of nitrogens with one attached hydrogen (secondary N) is 1. The molecular formula is C12H19N3. The Labute approximate surface area is 90.9 Å². The molecule has 1 aliphatic carbocycles. The number of imidazole rings is 1. The van der Waals surface area contributed by atoms with Gasteiger partial charge in [0.25, 0.3) is 0 Å². The SMILES string of the molecule is c1nc2c(n1CC1CCNC1)CCCC2. The molecule has 3 rings (SSSR count). The molecule has 0 radical (unpaired) electrons. The molecule has 1 atom stereocenters. The van der Waals surface area contributed by atoms with Crippen LogP contribution in [0.15, 0.2) is 6.33 Å². The van der Waals surface area contributed by atoms with Gasteiger partial charge in [0.15, 0.2) is 0 Å². The highest BCUT2D eigenvalue weighted by Gasteiger charge is 2.19. The molecule has 1 unspecified atom stereocenters. The van der Waals surface area contributed by atoms with Crippen LogP contribution in [0.3, 0.4) is 0 Å². The standard InChI is InChI=1S/C12H19N3/c1-2-4-12-11(3-1)14-9-15(12)8-10-5-6-13-7-10/h9-10,13H,1-8H2. The van der Waals surface area contributed by atoms with Crippen LogP contribution in [0.25, 0.3) is 0 Å². The molecule has 1 aliphatic heterocycles. The van der Waals surface area contributed by atoms with Crippen LogP contribution in [0.2, 0.25) is 0 Å². The maximum absolute atomic E-state index is 4.54. The summed E-state index contributed by atoms with van der Waals surface area (Å²) in [5, 5.41) is 3.43. The van der Waals surface area contributed by atoms with Crippen molar-refractivity contribution in [1.82, 2.24) is 14.9 Å². The van der Waals surface area contributed by atoms with E-state index in [0.29, 0.717) is 0 Å². The monoisotopic (exact) mass is 205 g/mol. The molecular weight excluding hydrogens is 186 g/mol. The van der Waals surface area contributed by atoms with Crippen molar-refractivity contribution < 1.29 is 0 Å². The quantitative estimate of drug-likeness (QED) is 0.790. The Hall–Kier alpha value is -0.830. The molecule has 2 aliphatic rings. The van der Waals surface area contributed by atoms with Crippen molar-refractivity contribution >= 4 is 0 Å². The van der Waals surface area contributed by atoms with Gasteiger partial charge in [0, 0.05) is 12.2 Å². The van der Waals surface area contributed by atoms with Crippen molar-refractivity contribution in [3.63, 3.8) is 0 Å². The summed E-state index contributed by atoms with van der Waals surface area (Å²) in [4.78, 5) is 4.54. The van der Waals surface area contributed by atoms with Gasteiger partial charge < -0.3 is 9.88 Å². The third kappa shape index (κ3) is 1.81. The average molecular weight is 205 g/mol. The van der Waals surface area contributed by atoms with Crippen LogP contribution in [-0.4, -0.2) is 22.6 Å². The lowest BCUT2D eigenvalue weighted by Crippen LogP contribution is -2.16. The number of aryl methyl sites for hydroxylation is 1. The van der Waals surface area contributed by atoms with Crippen molar-refractivity contribution in [3.8, 4) is 0 Å². The normalized spacial score (nSPS) is 25.5. The molecule has 1 aromatic heterocycles. The molecule has 0 bridgehead atoms. The summed E-state index contributed by atoms with van der Waals surface area (Å²) in [6.07, 6.45) is 8.51. The molecule has 1 aromatic rings. The molecule has 0 amide bonds. The maximum Gasteiger partial charge on any atom is 0.0951 e. The lowest BCUT2D eigenvalue weighted by molar-refractivity contribution is 0.465. The number of fused-ring (bicyclic) bond motifs is 1. The molecule has 3 heteroatoms. The van der Waals surface area contributed by atoms with Gasteiger partial charge in [0.2, 0.25) is 0 Å². The molecule has 1 saturated heterocycles. The summed E-state index contributed by atoms with van der Waals surface area (Å²) in [7, 11) is 0. The summed E-state index contributed by atoms with van der Waals surface area (Å²) in [6, 6.07) is 0. The van der Waals surface area contributed by atoms with Crippen LogP contribution in [0.5, 0.6) is 0 Å². The van der Waals surface area contributed by atoms with E-state index in [0.717, 1.165) is 5.92 Å². The van der Waals surface area contributed by atoms with E-state index >= 15 is 0 Å². The van der Waals surface area contributed by atoms with Gasteiger partial charge in [0.05, 0.1) is 12.0 Å². The first-order valence-corrected chi connectivity index (χ1v) is 6.17. The van der Waals surface area contributed by atoms with Gasteiger partial charge >= 0.3 is 0 Å². The average Bonchev–Trinajstić information content (AvgIpc) is 2.89. The second-order valence-electron chi connectivity index (χ2n) is 4.86. The van der Waals surface area contributed by atoms with Gasteiger partial charge in [-0.3, -0.25) is 0 Å². The zero-order valence-corrected chi connectivity index (χ0v) is 9.21. The smallest absolute Gasteiger partial charge is 0.0951 e. The first-order chi connectivity index (χ1) is 7.43. The molecule has 1 N–H and O–H groups in total. The molecule has 1 fully saturated rings. The molecule has 82 valence electrons. The number of hydrogen-bond acceptors (Lipinski definition) is 2. The van der Waals surface area contributed by atoms with Gasteiger partial charge in [-0.05, 0) is 51.1 Å². The summed E-state index contributed by atoms with van der Waals surface area (Å²) in [6.45, 7) is 3.56. The molecule has 0 saturated carbocycles. The summed E-state index contributed by atoms with van der Waals surface area (Å²) >= 11 is 0. The van der Waals surface area contributed by atoms with Crippen LogP contribution in [0.4, 0.5) is 0 Å². The number of nitrogens with zero attached hydrogens (tertiary/aromatic N) is 2. The third-order valence-electron chi connectivity index (χ3n) is 3.73. The van der Waals surface area contributed by atoms with Gasteiger partial charge in [-0.2, -0.15) is 0 Å². The van der Waals surface area contributed by atoms with Crippen molar-refractivity contribution in [2.75, 3.05) is 13.1 Å². The largest absolute Gasteiger partial charge is 0.334 e. The topological polar surface area (TPSA) is 29.9 Å². The molecule has 2 heterocycles. The van der Waals surface area contributed by atoms with E-state index in [9.17, 15) is 0 Å². The summed E-state index contributed by atoms with van der Waals surface area (Å²) < 4.78 is 2.41. The highest BCUT2D eigenvalue weighted by Crippen LogP contribution is 2.21. The van der Waals surface area contributed by atoms with Gasteiger partial charge in [-0.25, -0.2) is 4.98 Å². The fourth-order valence-corrected chi connectivity index (χ4v) is 2.84. The lowest BCUT2D eigenvalue weighted by atomic mass is 10.0. The van der Waals surface area contributed by atoms with E-state index in [1.54, 1.807) is 0 Å². The molecule has 15 heavy (non-hydrogen) atoms. The highest BCUT2D eigenvalue weighted by atomic mass is 15.1. The molecule has 0 spiro atoms. The Morgan fingerprint density at radius 3 is 3.20 bits per heavy atom. The fourth-order valence-electron chi connectivity index (χ4n) is 2.84. The van der Waals surface area contributed by atoms with E-state index < -0.39 is 0 Å². The Balaban J connectivity index is 1.76. The summed E-state index contributed by atoms with van der Waals surface area (Å²) in [5.74, 6) is 0.824. The lowest BCUT2D eigenvalue weighted by Gasteiger charge is -2.16. The minimum absolute atomic E-state index is 0.824. The Kier molecular flexibility index (Phi) is 2.49. The highest BCUT2D eigenvalue weighted by molar-refractivity contribution is 5.16. The summed E-state index contributed by atoms with van der Waals surface area (Å²) in [5.41, 5.74) is 2.89. The Bertz CT molecular complexity index is 337. The van der Waals surface area contributed by atoms with E-state index in [-0.39, 0.29) is 0 Å². The van der Waals surface area contributed by atoms with Crippen LogP contribution in [0.1, 0.15) is 30.7 Å². The van der Waals surface area contributed by atoms with Crippen molar-refractivity contribution in [2.45, 2.75) is 38.6 Å². The zero-order chi connectivity index (χ0) is 10.1. The first kappa shape index (κ1) is 9.40. The van der Waals surface area contributed by atoms with E-state index in [1.165, 1.54) is 63.1 Å². The van der Waals surface area contributed by atoms with Gasteiger partial charge in [-0.15, -0.1) is 0 Å². The minimum Gasteiger partial charge on any atom is -0.334 e. The van der Waals surface area contributed by atoms with E-state index in [1.807, 2.05) is 0 Å². The first-order valence-electron chi connectivity index (χ1n) is 6.17. The van der Waals surface area contributed by atoms with Gasteiger partial charge in [0.1, 0.15) is 0 Å². The molecule has 3 nitrogen and oxygen atoms in total. The number of hydrogen-bond donors (Lipinski definition) is 1.